The molecule has 7 heteroatoms. The van der Waals surface area contributed by atoms with Crippen LogP contribution >= 0.6 is 0 Å². The predicted molar refractivity (Wildman–Crippen MR) is 113 cm³/mol. The minimum absolute atomic E-state index is 0.196. The summed E-state index contributed by atoms with van der Waals surface area (Å²) < 4.78 is 16.9. The zero-order valence-corrected chi connectivity index (χ0v) is 18.7. The first-order valence-electron chi connectivity index (χ1n) is 10.4. The van der Waals surface area contributed by atoms with E-state index in [0.29, 0.717) is 17.6 Å². The fraction of sp³-hybridized carbons (Fsp3) is 0.542. The highest BCUT2D eigenvalue weighted by atomic mass is 16.6. The lowest BCUT2D eigenvalue weighted by atomic mass is 9.57. The fourth-order valence-corrected chi connectivity index (χ4v) is 4.92. The fourth-order valence-electron chi connectivity index (χ4n) is 4.92. The summed E-state index contributed by atoms with van der Waals surface area (Å²) in [5.41, 5.74) is 1.76. The average molecular weight is 430 g/mol. The van der Waals surface area contributed by atoms with Crippen molar-refractivity contribution in [1.82, 2.24) is 0 Å². The van der Waals surface area contributed by atoms with Crippen molar-refractivity contribution in [3.63, 3.8) is 0 Å². The Labute approximate surface area is 182 Å². The normalized spacial score (nSPS) is 34.3. The van der Waals surface area contributed by atoms with E-state index in [1.807, 2.05) is 13.8 Å². The maximum absolute atomic E-state index is 12.5. The predicted octanol–water partition coefficient (Wildman–Crippen LogP) is 2.94. The average Bonchev–Trinajstić information content (AvgIpc) is 2.92. The molecule has 1 aliphatic heterocycles. The van der Waals surface area contributed by atoms with Crippen LogP contribution < -0.4 is 0 Å². The van der Waals surface area contributed by atoms with Crippen molar-refractivity contribution in [3.05, 3.63) is 47.1 Å². The van der Waals surface area contributed by atoms with Crippen LogP contribution in [0.25, 0.3) is 0 Å². The Morgan fingerprint density at radius 3 is 2.48 bits per heavy atom. The second-order valence-electron chi connectivity index (χ2n) is 9.22. The number of hydrogen-bond donors (Lipinski definition) is 1. The Morgan fingerprint density at radius 1 is 1.26 bits per heavy atom. The lowest BCUT2D eigenvalue weighted by molar-refractivity contribution is -0.157. The number of carbonyl (C=O) groups excluding carboxylic acids is 3. The molecule has 1 saturated carbocycles. The van der Waals surface area contributed by atoms with Crippen molar-refractivity contribution < 1.29 is 33.7 Å². The van der Waals surface area contributed by atoms with E-state index in [4.69, 9.17) is 14.2 Å². The number of hydrogen-bond acceptors (Lipinski definition) is 7. The third-order valence-electron chi connectivity index (χ3n) is 6.50. The van der Waals surface area contributed by atoms with E-state index in [9.17, 15) is 19.5 Å². The van der Waals surface area contributed by atoms with Gasteiger partial charge in [-0.15, -0.1) is 0 Å². The van der Waals surface area contributed by atoms with Gasteiger partial charge in [-0.1, -0.05) is 25.7 Å². The number of esters is 3. The molecule has 0 spiro atoms. The molecule has 1 heterocycles. The Hall–Kier alpha value is -2.67. The van der Waals surface area contributed by atoms with Gasteiger partial charge < -0.3 is 19.3 Å². The van der Waals surface area contributed by atoms with E-state index in [1.165, 1.54) is 13.0 Å². The van der Waals surface area contributed by atoms with Crippen LogP contribution in [0.1, 0.15) is 47.5 Å². The van der Waals surface area contributed by atoms with Gasteiger partial charge in [0.25, 0.3) is 0 Å². The van der Waals surface area contributed by atoms with Gasteiger partial charge in [-0.3, -0.25) is 0 Å². The lowest BCUT2D eigenvalue weighted by Gasteiger charge is -2.52. The van der Waals surface area contributed by atoms with E-state index >= 15 is 0 Å². The smallest absolute Gasteiger partial charge is 0.334 e. The van der Waals surface area contributed by atoms with Gasteiger partial charge in [0, 0.05) is 29.1 Å². The zero-order chi connectivity index (χ0) is 23.2. The molecular formula is C24H30O7. The van der Waals surface area contributed by atoms with Crippen molar-refractivity contribution in [2.45, 2.75) is 71.9 Å². The minimum atomic E-state index is -0.893. The van der Waals surface area contributed by atoms with Gasteiger partial charge >= 0.3 is 17.9 Å². The summed E-state index contributed by atoms with van der Waals surface area (Å²) in [5, 5.41) is 11.1. The third-order valence-corrected chi connectivity index (χ3v) is 6.50. The van der Waals surface area contributed by atoms with E-state index in [-0.39, 0.29) is 17.6 Å². The van der Waals surface area contributed by atoms with Crippen LogP contribution in [-0.4, -0.2) is 47.4 Å². The van der Waals surface area contributed by atoms with Crippen molar-refractivity contribution in [3.8, 4) is 0 Å². The summed E-state index contributed by atoms with van der Waals surface area (Å²) in [6.07, 6.45) is -1.09. The summed E-state index contributed by atoms with van der Waals surface area (Å²) in [6, 6.07) is 0. The Kier molecular flexibility index (Phi) is 6.02. The first-order chi connectivity index (χ1) is 14.4. The summed E-state index contributed by atoms with van der Waals surface area (Å²) in [4.78, 5) is 37.0. The number of fused-ring (bicyclic) bond motifs is 2. The van der Waals surface area contributed by atoms with E-state index in [2.05, 4.69) is 13.2 Å². The number of aliphatic hydroxyl groups is 1. The maximum atomic E-state index is 12.5. The molecule has 3 rings (SSSR count). The lowest BCUT2D eigenvalue weighted by Crippen LogP contribution is -2.55. The molecule has 0 amide bonds. The van der Waals surface area contributed by atoms with E-state index in [1.54, 1.807) is 13.8 Å². The molecular weight excluding hydrogens is 400 g/mol. The van der Waals surface area contributed by atoms with Crippen LogP contribution in [0.5, 0.6) is 0 Å². The number of aliphatic hydroxyl groups excluding tert-OH is 1. The number of ether oxygens (including phenoxy) is 3. The molecule has 0 aromatic heterocycles. The molecule has 6 unspecified atom stereocenters. The van der Waals surface area contributed by atoms with Crippen LogP contribution in [0.3, 0.4) is 0 Å². The number of rotatable bonds is 4. The van der Waals surface area contributed by atoms with Gasteiger partial charge in [0.1, 0.15) is 18.3 Å². The highest BCUT2D eigenvalue weighted by Gasteiger charge is 2.60. The molecule has 2 aliphatic carbocycles. The molecule has 2 fully saturated rings. The molecule has 0 bridgehead atoms. The van der Waals surface area contributed by atoms with E-state index < -0.39 is 53.7 Å². The Bertz CT molecular complexity index is 920. The molecule has 0 aromatic carbocycles. The minimum Gasteiger partial charge on any atom is -0.458 e. The second kappa shape index (κ2) is 8.11. The van der Waals surface area contributed by atoms with Crippen LogP contribution in [0.15, 0.2) is 47.1 Å². The van der Waals surface area contributed by atoms with Gasteiger partial charge in [-0.05, 0) is 45.3 Å². The molecule has 1 saturated heterocycles. The molecule has 0 aromatic rings. The maximum Gasteiger partial charge on any atom is 0.334 e. The monoisotopic (exact) mass is 430 g/mol. The molecule has 6 atom stereocenters. The van der Waals surface area contributed by atoms with Gasteiger partial charge in [0.05, 0.1) is 12.0 Å². The van der Waals surface area contributed by atoms with Gasteiger partial charge in [0.2, 0.25) is 0 Å². The first-order valence-corrected chi connectivity index (χ1v) is 10.4. The third kappa shape index (κ3) is 3.99. The summed E-state index contributed by atoms with van der Waals surface area (Å²) in [7, 11) is 0. The highest BCUT2D eigenvalue weighted by Crippen LogP contribution is 2.56. The second-order valence-corrected chi connectivity index (χ2v) is 9.22. The topological polar surface area (TPSA) is 99.1 Å². The van der Waals surface area contributed by atoms with Crippen molar-refractivity contribution >= 4 is 17.9 Å². The largest absolute Gasteiger partial charge is 0.458 e. The zero-order valence-electron chi connectivity index (χ0n) is 18.7. The molecule has 7 nitrogen and oxygen atoms in total. The summed E-state index contributed by atoms with van der Waals surface area (Å²) in [6.45, 7) is 16.3. The molecule has 1 N–H and O–H groups in total. The number of allylic oxidation sites excluding steroid dienone is 1. The molecule has 3 aliphatic rings. The Balaban J connectivity index is 2.10. The van der Waals surface area contributed by atoms with Crippen molar-refractivity contribution in [2.24, 2.45) is 11.3 Å². The quantitative estimate of drug-likeness (QED) is 0.317. The standard InChI is InChI=1S/C24H30O7/c1-11(2)8-18(26)29-15-9-17(25)24(7)10-16-19(14(6)23(28)30-16)21(20(24)13(15)5)31-22(27)12(3)4/h8,15-17,19,21,25H,3,6,9-10H2,1-2,4-5,7H3. The molecule has 168 valence electrons. The highest BCUT2D eigenvalue weighted by molar-refractivity contribution is 5.92. The van der Waals surface area contributed by atoms with Crippen LogP contribution in [0.4, 0.5) is 0 Å². The van der Waals surface area contributed by atoms with Gasteiger partial charge in [0.15, 0.2) is 0 Å². The van der Waals surface area contributed by atoms with Crippen LogP contribution in [0.2, 0.25) is 0 Å². The number of carbonyl (C=O) groups is 3. The SMILES string of the molecule is C=C(C)C(=O)OC1C2=C(C)C(OC(=O)C=C(C)C)CC(O)C2(C)CC2OC(=O)C(=C)C21. The van der Waals surface area contributed by atoms with E-state index in [0.717, 1.165) is 5.57 Å². The first kappa shape index (κ1) is 23.0. The summed E-state index contributed by atoms with van der Waals surface area (Å²) in [5.74, 6) is -2.23. The van der Waals surface area contributed by atoms with Crippen LogP contribution in [-0.2, 0) is 28.6 Å². The molecule has 31 heavy (non-hydrogen) atoms. The van der Waals surface area contributed by atoms with Crippen molar-refractivity contribution in [1.29, 1.82) is 0 Å². The Morgan fingerprint density at radius 2 is 1.90 bits per heavy atom. The summed E-state index contributed by atoms with van der Waals surface area (Å²) >= 11 is 0. The van der Waals surface area contributed by atoms with Crippen LogP contribution in [0, 0.1) is 11.3 Å². The van der Waals surface area contributed by atoms with Gasteiger partial charge in [-0.2, -0.15) is 0 Å². The van der Waals surface area contributed by atoms with Gasteiger partial charge in [-0.25, -0.2) is 14.4 Å². The van der Waals surface area contributed by atoms with Crippen molar-refractivity contribution in [2.75, 3.05) is 0 Å². The molecule has 0 radical (unpaired) electrons.